The molecule has 4 N–H and O–H groups in total. The molecule has 1 amide bonds. The standard InChI is InChI=1S/C4H6N2O3/c5-1-2(4(8)9)6-3(1)7/h1-2H,5H2,(H,6,7)(H,8,9). The number of aliphatic carboxylic acids is 1. The first kappa shape index (κ1) is 6.03. The van der Waals surface area contributed by atoms with Crippen LogP contribution in [0.5, 0.6) is 0 Å². The summed E-state index contributed by atoms with van der Waals surface area (Å²) in [6, 6.07) is -1.74. The van der Waals surface area contributed by atoms with Crippen LogP contribution in [0.1, 0.15) is 0 Å². The zero-order chi connectivity index (χ0) is 7.02. The van der Waals surface area contributed by atoms with E-state index in [1.54, 1.807) is 0 Å². The van der Waals surface area contributed by atoms with E-state index in [2.05, 4.69) is 5.32 Å². The van der Waals surface area contributed by atoms with Crippen molar-refractivity contribution in [3.05, 3.63) is 0 Å². The quantitative estimate of drug-likeness (QED) is 0.354. The van der Waals surface area contributed by atoms with Crippen molar-refractivity contribution < 1.29 is 14.7 Å². The van der Waals surface area contributed by atoms with Crippen LogP contribution in [-0.4, -0.2) is 29.1 Å². The zero-order valence-corrected chi connectivity index (χ0v) is 4.50. The minimum Gasteiger partial charge on any atom is -0.480 e. The maximum Gasteiger partial charge on any atom is 0.328 e. The smallest absolute Gasteiger partial charge is 0.328 e. The van der Waals surface area contributed by atoms with E-state index in [4.69, 9.17) is 10.8 Å². The van der Waals surface area contributed by atoms with Crippen molar-refractivity contribution in [1.82, 2.24) is 5.32 Å². The number of carbonyl (C=O) groups is 2. The summed E-state index contributed by atoms with van der Waals surface area (Å²) in [5.41, 5.74) is 5.07. The Morgan fingerprint density at radius 1 is 1.78 bits per heavy atom. The normalized spacial score (nSPS) is 32.8. The number of nitrogens with one attached hydrogen (secondary N) is 1. The molecule has 2 atom stereocenters. The molecule has 9 heavy (non-hydrogen) atoms. The Balaban J connectivity index is 2.51. The molecule has 1 saturated heterocycles. The fourth-order valence-corrected chi connectivity index (χ4v) is 0.610. The van der Waals surface area contributed by atoms with Crippen LogP contribution in [0.4, 0.5) is 0 Å². The number of nitrogens with two attached hydrogens (primary N) is 1. The number of carbonyl (C=O) groups excluding carboxylic acids is 1. The van der Waals surface area contributed by atoms with Crippen LogP contribution in [0.3, 0.4) is 0 Å². The molecule has 1 rings (SSSR count). The number of carboxylic acid groups (broad SMARTS) is 1. The number of carboxylic acids is 1. The summed E-state index contributed by atoms with van der Waals surface area (Å²) in [6.45, 7) is 0. The van der Waals surface area contributed by atoms with Crippen LogP contribution in [-0.2, 0) is 9.59 Å². The summed E-state index contributed by atoms with van der Waals surface area (Å²) in [4.78, 5) is 20.3. The monoisotopic (exact) mass is 130 g/mol. The predicted molar refractivity (Wildman–Crippen MR) is 27.5 cm³/mol. The molecule has 0 aliphatic carbocycles. The number of hydrogen-bond donors (Lipinski definition) is 3. The van der Waals surface area contributed by atoms with Gasteiger partial charge in [0.25, 0.3) is 0 Å². The molecule has 0 radical (unpaired) electrons. The van der Waals surface area contributed by atoms with Crippen molar-refractivity contribution in [2.45, 2.75) is 12.1 Å². The first-order valence-electron chi connectivity index (χ1n) is 2.41. The zero-order valence-electron chi connectivity index (χ0n) is 4.50. The minimum atomic E-state index is -1.08. The van der Waals surface area contributed by atoms with Crippen LogP contribution in [0, 0.1) is 0 Å². The molecule has 0 aromatic carbocycles. The van der Waals surface area contributed by atoms with Crippen LogP contribution < -0.4 is 11.1 Å². The van der Waals surface area contributed by atoms with Gasteiger partial charge < -0.3 is 16.2 Å². The number of amides is 1. The lowest BCUT2D eigenvalue weighted by molar-refractivity contribution is -0.149. The van der Waals surface area contributed by atoms with E-state index in [9.17, 15) is 9.59 Å². The summed E-state index contributed by atoms with van der Waals surface area (Å²) in [5.74, 6) is -1.48. The molecule has 5 nitrogen and oxygen atoms in total. The molecule has 1 aliphatic rings. The topological polar surface area (TPSA) is 92.4 Å². The van der Waals surface area contributed by atoms with Crippen molar-refractivity contribution in [3.63, 3.8) is 0 Å². The minimum absolute atomic E-state index is 0.401. The molecular weight excluding hydrogens is 124 g/mol. The van der Waals surface area contributed by atoms with Crippen molar-refractivity contribution >= 4 is 11.9 Å². The number of hydrogen-bond acceptors (Lipinski definition) is 3. The Kier molecular flexibility index (Phi) is 1.14. The SMILES string of the molecule is NC1C(=O)NC1C(=O)O. The summed E-state index contributed by atoms with van der Waals surface area (Å²) < 4.78 is 0. The van der Waals surface area contributed by atoms with Crippen molar-refractivity contribution in [2.75, 3.05) is 0 Å². The van der Waals surface area contributed by atoms with Crippen LogP contribution >= 0.6 is 0 Å². The van der Waals surface area contributed by atoms with Gasteiger partial charge in [-0.05, 0) is 0 Å². The van der Waals surface area contributed by atoms with E-state index in [1.165, 1.54) is 0 Å². The van der Waals surface area contributed by atoms with E-state index in [0.717, 1.165) is 0 Å². The molecule has 2 unspecified atom stereocenters. The van der Waals surface area contributed by atoms with Crippen molar-refractivity contribution in [2.24, 2.45) is 5.73 Å². The summed E-state index contributed by atoms with van der Waals surface area (Å²) in [6.07, 6.45) is 0. The molecule has 0 aromatic heterocycles. The Hall–Kier alpha value is -1.10. The molecular formula is C4H6N2O3. The third-order valence-electron chi connectivity index (χ3n) is 1.23. The van der Waals surface area contributed by atoms with Gasteiger partial charge in [-0.15, -0.1) is 0 Å². The third kappa shape index (κ3) is 0.746. The molecule has 50 valence electrons. The van der Waals surface area contributed by atoms with Crippen LogP contribution in [0.15, 0.2) is 0 Å². The highest BCUT2D eigenvalue weighted by atomic mass is 16.4. The van der Waals surface area contributed by atoms with Crippen LogP contribution in [0.25, 0.3) is 0 Å². The third-order valence-corrected chi connectivity index (χ3v) is 1.23. The Morgan fingerprint density at radius 3 is 2.44 bits per heavy atom. The largest absolute Gasteiger partial charge is 0.480 e. The highest BCUT2D eigenvalue weighted by Crippen LogP contribution is 2.01. The second-order valence-corrected chi connectivity index (χ2v) is 1.85. The molecule has 0 spiro atoms. The van der Waals surface area contributed by atoms with Gasteiger partial charge in [0.1, 0.15) is 6.04 Å². The van der Waals surface area contributed by atoms with Crippen molar-refractivity contribution in [3.8, 4) is 0 Å². The van der Waals surface area contributed by atoms with E-state index in [1.807, 2.05) is 0 Å². The van der Waals surface area contributed by atoms with Gasteiger partial charge >= 0.3 is 5.97 Å². The van der Waals surface area contributed by atoms with Gasteiger partial charge in [-0.2, -0.15) is 0 Å². The Morgan fingerprint density at radius 2 is 2.33 bits per heavy atom. The lowest BCUT2D eigenvalue weighted by Gasteiger charge is -2.29. The van der Waals surface area contributed by atoms with E-state index in [-0.39, 0.29) is 0 Å². The van der Waals surface area contributed by atoms with Crippen LogP contribution in [0.2, 0.25) is 0 Å². The lowest BCUT2D eigenvalue weighted by atomic mass is 10.0. The highest BCUT2D eigenvalue weighted by molar-refractivity contribution is 5.98. The number of rotatable bonds is 1. The van der Waals surface area contributed by atoms with Gasteiger partial charge in [0.15, 0.2) is 6.04 Å². The van der Waals surface area contributed by atoms with Gasteiger partial charge in [-0.1, -0.05) is 0 Å². The van der Waals surface area contributed by atoms with Gasteiger partial charge in [-0.25, -0.2) is 4.79 Å². The predicted octanol–water partition coefficient (Wildman–Crippen LogP) is -2.10. The molecule has 1 aliphatic heterocycles. The average molecular weight is 130 g/mol. The van der Waals surface area contributed by atoms with E-state index >= 15 is 0 Å². The molecule has 0 aromatic rings. The molecule has 0 bridgehead atoms. The highest BCUT2D eigenvalue weighted by Gasteiger charge is 2.41. The van der Waals surface area contributed by atoms with E-state index in [0.29, 0.717) is 0 Å². The molecule has 5 heteroatoms. The average Bonchev–Trinajstić information content (AvgIpc) is 1.81. The maximum atomic E-state index is 10.2. The first-order valence-corrected chi connectivity index (χ1v) is 2.41. The lowest BCUT2D eigenvalue weighted by Crippen LogP contribution is -2.69. The second-order valence-electron chi connectivity index (χ2n) is 1.85. The number of β-lactam (4-membered cyclic amide) rings is 1. The maximum absolute atomic E-state index is 10.2. The van der Waals surface area contributed by atoms with E-state index < -0.39 is 24.0 Å². The Bertz CT molecular complexity index is 167. The van der Waals surface area contributed by atoms with Crippen molar-refractivity contribution in [1.29, 1.82) is 0 Å². The van der Waals surface area contributed by atoms with Gasteiger partial charge in [0, 0.05) is 0 Å². The Labute approximate surface area is 50.8 Å². The fraction of sp³-hybridized carbons (Fsp3) is 0.500. The van der Waals surface area contributed by atoms with Gasteiger partial charge in [0.2, 0.25) is 5.91 Å². The summed E-state index contributed by atoms with van der Waals surface area (Å²) in [5, 5.41) is 10.4. The van der Waals surface area contributed by atoms with Gasteiger partial charge in [-0.3, -0.25) is 4.79 Å². The molecule has 1 heterocycles. The van der Waals surface area contributed by atoms with Gasteiger partial charge in [0.05, 0.1) is 0 Å². The summed E-state index contributed by atoms with van der Waals surface area (Å²) in [7, 11) is 0. The summed E-state index contributed by atoms with van der Waals surface area (Å²) >= 11 is 0. The fourth-order valence-electron chi connectivity index (χ4n) is 0.610. The molecule has 0 saturated carbocycles. The second kappa shape index (κ2) is 1.70. The first-order chi connectivity index (χ1) is 4.13. The molecule has 1 fully saturated rings.